The minimum absolute atomic E-state index is 0.469. The number of benzene rings is 1. The first kappa shape index (κ1) is 15.1. The Morgan fingerprint density at radius 3 is 1.89 bits per heavy atom. The van der Waals surface area contributed by atoms with Gasteiger partial charge in [-0.15, -0.1) is 0 Å². The number of hydrogen-bond donors (Lipinski definition) is 1. The maximum atomic E-state index is 9.68. The number of thioether (sulfide) groups is 1. The molecule has 2 fully saturated rings. The van der Waals surface area contributed by atoms with Gasteiger partial charge in [-0.25, -0.2) is 0 Å². The number of aryl methyl sites for hydroxylation is 2. The molecule has 106 valence electrons. The van der Waals surface area contributed by atoms with Gasteiger partial charge in [0, 0.05) is 10.9 Å². The van der Waals surface area contributed by atoms with Crippen molar-refractivity contribution in [2.45, 2.75) is 44.4 Å². The van der Waals surface area contributed by atoms with Crippen molar-refractivity contribution in [3.05, 3.63) is 23.3 Å². The van der Waals surface area contributed by atoms with Gasteiger partial charge in [-0.05, 0) is 74.3 Å². The van der Waals surface area contributed by atoms with Crippen molar-refractivity contribution in [2.24, 2.45) is 0 Å². The lowest BCUT2D eigenvalue weighted by atomic mass is 10.1. The maximum absolute atomic E-state index is 9.68. The Bertz CT molecular complexity index is 377. The largest absolute Gasteiger partial charge is 0.507 e. The van der Waals surface area contributed by atoms with Crippen LogP contribution in [0.2, 0.25) is 0 Å². The number of aromatic hydroxyl groups is 1. The summed E-state index contributed by atoms with van der Waals surface area (Å²) in [6.45, 7) is 3.98. The Morgan fingerprint density at radius 2 is 1.47 bits per heavy atom. The monoisotopic (exact) mass is 297 g/mol. The molecule has 0 unspecified atom stereocenters. The first-order valence-corrected chi connectivity index (χ1v) is 9.95. The van der Waals surface area contributed by atoms with Crippen LogP contribution in [0.25, 0.3) is 0 Å². The highest BCUT2D eigenvalue weighted by molar-refractivity contribution is 7.99. The molecular formula is C16H25OS2+. The summed E-state index contributed by atoms with van der Waals surface area (Å²) in [5.41, 5.74) is 2.05. The van der Waals surface area contributed by atoms with Crippen molar-refractivity contribution in [1.29, 1.82) is 0 Å². The number of hydrogen-bond acceptors (Lipinski definition) is 2. The predicted molar refractivity (Wildman–Crippen MR) is 88.7 cm³/mol. The van der Waals surface area contributed by atoms with Crippen molar-refractivity contribution in [3.8, 4) is 5.75 Å². The van der Waals surface area contributed by atoms with Crippen molar-refractivity contribution in [3.63, 3.8) is 0 Å². The third-order valence-electron chi connectivity index (χ3n) is 3.66. The molecule has 1 aromatic carbocycles. The SMILES string of the molecule is C1CCSC1.Cc1cc([S+]2CCCC2)cc(C)c1O. The zero-order valence-electron chi connectivity index (χ0n) is 12.1. The van der Waals surface area contributed by atoms with Gasteiger partial charge in [0.2, 0.25) is 0 Å². The third-order valence-corrected chi connectivity index (χ3v) is 7.28. The molecule has 0 amide bonds. The molecule has 1 nitrogen and oxygen atoms in total. The van der Waals surface area contributed by atoms with Gasteiger partial charge >= 0.3 is 0 Å². The van der Waals surface area contributed by atoms with Crippen molar-refractivity contribution < 1.29 is 5.11 Å². The van der Waals surface area contributed by atoms with Gasteiger partial charge in [0.25, 0.3) is 0 Å². The highest BCUT2D eigenvalue weighted by Gasteiger charge is 2.27. The first-order valence-electron chi connectivity index (χ1n) is 7.24. The van der Waals surface area contributed by atoms with E-state index in [0.29, 0.717) is 16.6 Å². The van der Waals surface area contributed by atoms with E-state index in [2.05, 4.69) is 23.9 Å². The summed E-state index contributed by atoms with van der Waals surface area (Å²) in [6, 6.07) is 4.33. The van der Waals surface area contributed by atoms with Crippen LogP contribution < -0.4 is 0 Å². The molecule has 0 aliphatic carbocycles. The molecule has 2 heterocycles. The Hall–Kier alpha value is -0.280. The van der Waals surface area contributed by atoms with E-state index >= 15 is 0 Å². The molecule has 19 heavy (non-hydrogen) atoms. The normalized spacial score (nSPS) is 19.3. The molecule has 0 aromatic heterocycles. The molecule has 0 spiro atoms. The molecule has 1 N–H and O–H groups in total. The van der Waals surface area contributed by atoms with Crippen molar-refractivity contribution in [1.82, 2.24) is 0 Å². The van der Waals surface area contributed by atoms with Crippen molar-refractivity contribution >= 4 is 22.7 Å². The Labute approximate surface area is 124 Å². The molecule has 2 aliphatic rings. The van der Waals surface area contributed by atoms with Crippen LogP contribution in [-0.2, 0) is 10.9 Å². The van der Waals surface area contributed by atoms with E-state index in [4.69, 9.17) is 0 Å². The summed E-state index contributed by atoms with van der Waals surface area (Å²) in [4.78, 5) is 1.45. The lowest BCUT2D eigenvalue weighted by Gasteiger charge is -2.06. The average Bonchev–Trinajstić information content (AvgIpc) is 3.09. The van der Waals surface area contributed by atoms with Gasteiger partial charge in [-0.3, -0.25) is 0 Å². The zero-order valence-corrected chi connectivity index (χ0v) is 13.7. The van der Waals surface area contributed by atoms with Crippen LogP contribution in [0.5, 0.6) is 5.75 Å². The standard InChI is InChI=1S/C12H16OS.C4H8S/c1-9-7-11(8-10(2)12(9)13)14-5-3-4-6-14;1-2-4-5-3-1/h7-8H,3-6H2,1-2H3;1-4H2/p+1. The van der Waals surface area contributed by atoms with Crippen molar-refractivity contribution in [2.75, 3.05) is 23.0 Å². The molecule has 0 atom stereocenters. The second-order valence-corrected chi connectivity index (χ2v) is 8.83. The molecule has 3 rings (SSSR count). The van der Waals surface area contributed by atoms with E-state index < -0.39 is 0 Å². The highest BCUT2D eigenvalue weighted by atomic mass is 32.2. The summed E-state index contributed by atoms with van der Waals surface area (Å²) in [6.07, 6.45) is 5.68. The summed E-state index contributed by atoms with van der Waals surface area (Å²) >= 11 is 2.07. The van der Waals surface area contributed by atoms with Crippen LogP contribution >= 0.6 is 11.8 Å². The molecule has 2 aliphatic heterocycles. The van der Waals surface area contributed by atoms with Crippen LogP contribution in [0.3, 0.4) is 0 Å². The lowest BCUT2D eigenvalue weighted by Crippen LogP contribution is -2.04. The summed E-state index contributed by atoms with van der Waals surface area (Å²) in [7, 11) is 0.469. The minimum atomic E-state index is 0.469. The third kappa shape index (κ3) is 4.35. The van der Waals surface area contributed by atoms with Gasteiger partial charge < -0.3 is 5.11 Å². The van der Waals surface area contributed by atoms with Crippen LogP contribution in [0.15, 0.2) is 17.0 Å². The van der Waals surface area contributed by atoms with E-state index in [1.807, 2.05) is 13.8 Å². The lowest BCUT2D eigenvalue weighted by molar-refractivity contribution is 0.466. The summed E-state index contributed by atoms with van der Waals surface area (Å²) in [5, 5.41) is 9.68. The molecular weight excluding hydrogens is 272 g/mol. The maximum Gasteiger partial charge on any atom is 0.155 e. The fraction of sp³-hybridized carbons (Fsp3) is 0.625. The fourth-order valence-corrected chi connectivity index (χ4v) is 5.97. The Kier molecular flexibility index (Phi) is 5.96. The second kappa shape index (κ2) is 7.49. The second-order valence-electron chi connectivity index (χ2n) is 5.33. The minimum Gasteiger partial charge on any atom is -0.507 e. The quantitative estimate of drug-likeness (QED) is 0.780. The number of rotatable bonds is 1. The van der Waals surface area contributed by atoms with Crippen LogP contribution in [-0.4, -0.2) is 28.1 Å². The molecule has 0 bridgehead atoms. The number of phenolic OH excluding ortho intramolecular Hbond substituents is 1. The van der Waals surface area contributed by atoms with E-state index in [0.717, 1.165) is 11.1 Å². The van der Waals surface area contributed by atoms with E-state index in [1.165, 1.54) is 53.6 Å². The smallest absolute Gasteiger partial charge is 0.155 e. The van der Waals surface area contributed by atoms with Gasteiger partial charge in [0.15, 0.2) is 4.90 Å². The fourth-order valence-electron chi connectivity index (χ4n) is 2.48. The predicted octanol–water partition coefficient (Wildman–Crippen LogP) is 4.29. The zero-order chi connectivity index (χ0) is 13.7. The van der Waals surface area contributed by atoms with Crippen LogP contribution in [0.4, 0.5) is 0 Å². The highest BCUT2D eigenvalue weighted by Crippen LogP contribution is 2.29. The van der Waals surface area contributed by atoms with E-state index in [1.54, 1.807) is 0 Å². The summed E-state index contributed by atoms with van der Waals surface area (Å²) in [5.74, 6) is 6.00. The Balaban J connectivity index is 0.000000224. The van der Waals surface area contributed by atoms with Gasteiger partial charge in [0.1, 0.15) is 17.3 Å². The molecule has 0 saturated carbocycles. The average molecular weight is 298 g/mol. The van der Waals surface area contributed by atoms with Crippen LogP contribution in [0.1, 0.15) is 36.8 Å². The topological polar surface area (TPSA) is 20.2 Å². The van der Waals surface area contributed by atoms with Gasteiger partial charge in [-0.1, -0.05) is 0 Å². The Morgan fingerprint density at radius 1 is 0.947 bits per heavy atom. The molecule has 3 heteroatoms. The molecule has 2 saturated heterocycles. The van der Waals surface area contributed by atoms with Crippen LogP contribution in [0, 0.1) is 13.8 Å². The van der Waals surface area contributed by atoms with Gasteiger partial charge in [0.05, 0.1) is 0 Å². The van der Waals surface area contributed by atoms with Gasteiger partial charge in [-0.2, -0.15) is 11.8 Å². The number of phenols is 1. The molecule has 1 aromatic rings. The molecule has 0 radical (unpaired) electrons. The first-order chi connectivity index (χ1) is 9.18. The summed E-state index contributed by atoms with van der Waals surface area (Å²) < 4.78 is 0. The van der Waals surface area contributed by atoms with E-state index in [9.17, 15) is 5.11 Å². The van der Waals surface area contributed by atoms with E-state index in [-0.39, 0.29) is 0 Å².